The van der Waals surface area contributed by atoms with Gasteiger partial charge in [0.25, 0.3) is 0 Å². The molecule has 2 atom stereocenters. The maximum atomic E-state index is 11.6. The number of carboxylic acid groups (broad SMARTS) is 1. The van der Waals surface area contributed by atoms with Crippen molar-refractivity contribution in [3.63, 3.8) is 0 Å². The molecule has 0 spiro atoms. The number of carbonyl (C=O) groups is 1. The summed E-state index contributed by atoms with van der Waals surface area (Å²) in [5.41, 5.74) is 2.36. The molecule has 116 valence electrons. The third kappa shape index (κ3) is 2.85. The topological polar surface area (TPSA) is 40.5 Å². The van der Waals surface area contributed by atoms with Crippen LogP contribution in [-0.4, -0.2) is 28.6 Å². The van der Waals surface area contributed by atoms with Gasteiger partial charge < -0.3 is 5.11 Å². The minimum atomic E-state index is -0.719. The number of thiophene rings is 1. The highest BCUT2D eigenvalue weighted by Gasteiger charge is 2.38. The lowest BCUT2D eigenvalue weighted by atomic mass is 10.0. The van der Waals surface area contributed by atoms with Crippen LogP contribution >= 0.6 is 27.3 Å². The number of benzene rings is 1. The number of aliphatic carboxylic acids is 1. The Bertz CT molecular complexity index is 685. The number of likely N-dealkylation sites (tertiary alicyclic amines) is 1. The smallest absolute Gasteiger partial charge is 0.320 e. The van der Waals surface area contributed by atoms with E-state index in [0.717, 1.165) is 29.4 Å². The van der Waals surface area contributed by atoms with E-state index in [0.29, 0.717) is 0 Å². The van der Waals surface area contributed by atoms with Crippen molar-refractivity contribution in [3.8, 4) is 0 Å². The highest BCUT2D eigenvalue weighted by atomic mass is 79.9. The molecule has 1 aromatic heterocycles. The molecule has 1 aliphatic rings. The van der Waals surface area contributed by atoms with E-state index in [2.05, 4.69) is 45.3 Å². The Balaban J connectivity index is 2.10. The summed E-state index contributed by atoms with van der Waals surface area (Å²) in [5.74, 6) is -0.719. The van der Waals surface area contributed by atoms with Crippen molar-refractivity contribution in [1.82, 2.24) is 4.90 Å². The molecule has 3 nitrogen and oxygen atoms in total. The summed E-state index contributed by atoms with van der Waals surface area (Å²) in [6.45, 7) is 2.92. The predicted molar refractivity (Wildman–Crippen MR) is 92.4 cm³/mol. The number of aryl methyl sites for hydroxylation is 1. The van der Waals surface area contributed by atoms with Crippen molar-refractivity contribution >= 4 is 33.2 Å². The van der Waals surface area contributed by atoms with Crippen molar-refractivity contribution < 1.29 is 9.90 Å². The van der Waals surface area contributed by atoms with Crippen LogP contribution in [0.15, 0.2) is 40.2 Å². The quantitative estimate of drug-likeness (QED) is 0.852. The minimum Gasteiger partial charge on any atom is -0.480 e. The second kappa shape index (κ2) is 6.52. The second-order valence-corrected chi connectivity index (χ2v) is 7.43. The lowest BCUT2D eigenvalue weighted by Gasteiger charge is -2.32. The summed E-state index contributed by atoms with van der Waals surface area (Å²) < 4.78 is 1.03. The van der Waals surface area contributed by atoms with Crippen LogP contribution in [0.2, 0.25) is 0 Å². The molecule has 1 aliphatic heterocycles. The van der Waals surface area contributed by atoms with Crippen molar-refractivity contribution in [2.75, 3.05) is 6.54 Å². The molecule has 5 heteroatoms. The largest absolute Gasteiger partial charge is 0.480 e. The lowest BCUT2D eigenvalue weighted by Crippen LogP contribution is -2.39. The monoisotopic (exact) mass is 379 g/mol. The first-order chi connectivity index (χ1) is 10.6. The van der Waals surface area contributed by atoms with E-state index in [1.807, 2.05) is 18.2 Å². The van der Waals surface area contributed by atoms with Crippen LogP contribution in [-0.2, 0) is 4.79 Å². The summed E-state index contributed by atoms with van der Waals surface area (Å²) in [7, 11) is 0. The molecule has 3 rings (SSSR count). The standard InChI is InChI=1S/C17H18BrNO2S/c1-11-8-10-22-16(11)15(12-5-2-3-6-13(12)18)19-9-4-7-14(19)17(20)21/h2-3,5-6,8,10,14-15H,4,7,9H2,1H3,(H,20,21). The van der Waals surface area contributed by atoms with Crippen LogP contribution in [0.5, 0.6) is 0 Å². The van der Waals surface area contributed by atoms with Crippen LogP contribution < -0.4 is 0 Å². The van der Waals surface area contributed by atoms with Gasteiger partial charge in [-0.15, -0.1) is 11.3 Å². The average molecular weight is 380 g/mol. The molecule has 2 heterocycles. The second-order valence-electron chi connectivity index (χ2n) is 5.63. The zero-order valence-corrected chi connectivity index (χ0v) is 14.7. The van der Waals surface area contributed by atoms with Gasteiger partial charge in [0, 0.05) is 15.9 Å². The number of halogens is 1. The number of hydrogen-bond acceptors (Lipinski definition) is 3. The van der Waals surface area contributed by atoms with Crippen LogP contribution in [0.3, 0.4) is 0 Å². The van der Waals surface area contributed by atoms with Gasteiger partial charge in [-0.2, -0.15) is 0 Å². The highest BCUT2D eigenvalue weighted by molar-refractivity contribution is 9.10. The van der Waals surface area contributed by atoms with Crippen molar-refractivity contribution in [1.29, 1.82) is 0 Å². The summed E-state index contributed by atoms with van der Waals surface area (Å²) in [5, 5.41) is 11.6. The molecular formula is C17H18BrNO2S. The third-order valence-electron chi connectivity index (χ3n) is 4.26. The van der Waals surface area contributed by atoms with Gasteiger partial charge in [0.15, 0.2) is 0 Å². The van der Waals surface area contributed by atoms with E-state index in [1.165, 1.54) is 10.4 Å². The van der Waals surface area contributed by atoms with Gasteiger partial charge in [-0.25, -0.2) is 0 Å². The molecule has 1 saturated heterocycles. The first kappa shape index (κ1) is 15.7. The van der Waals surface area contributed by atoms with E-state index < -0.39 is 12.0 Å². The zero-order valence-electron chi connectivity index (χ0n) is 12.3. The van der Waals surface area contributed by atoms with Gasteiger partial charge in [0.05, 0.1) is 6.04 Å². The molecule has 2 unspecified atom stereocenters. The van der Waals surface area contributed by atoms with E-state index in [1.54, 1.807) is 11.3 Å². The number of carboxylic acids is 1. The number of hydrogen-bond donors (Lipinski definition) is 1. The SMILES string of the molecule is Cc1ccsc1C(c1ccccc1Br)N1CCCC1C(=O)O. The minimum absolute atomic E-state index is 0.000764. The van der Waals surface area contributed by atoms with E-state index in [4.69, 9.17) is 0 Å². The van der Waals surface area contributed by atoms with E-state index in [-0.39, 0.29) is 6.04 Å². The van der Waals surface area contributed by atoms with Gasteiger partial charge in [-0.1, -0.05) is 34.1 Å². The Morgan fingerprint density at radius 1 is 1.41 bits per heavy atom. The molecule has 1 fully saturated rings. The summed E-state index contributed by atoms with van der Waals surface area (Å²) in [6, 6.07) is 9.82. The number of rotatable bonds is 4. The molecule has 0 amide bonds. The first-order valence-electron chi connectivity index (χ1n) is 7.36. The summed E-state index contributed by atoms with van der Waals surface area (Å²) in [6.07, 6.45) is 1.66. The molecule has 0 aliphatic carbocycles. The van der Waals surface area contributed by atoms with Crippen molar-refractivity contribution in [2.45, 2.75) is 31.8 Å². The molecule has 0 bridgehead atoms. The zero-order chi connectivity index (χ0) is 15.7. The summed E-state index contributed by atoms with van der Waals surface area (Å²) >= 11 is 5.35. The lowest BCUT2D eigenvalue weighted by molar-refractivity contribution is -0.142. The van der Waals surface area contributed by atoms with Crippen LogP contribution in [0.1, 0.15) is 34.9 Å². The fourth-order valence-corrected chi connectivity index (χ4v) is 4.76. The van der Waals surface area contributed by atoms with Gasteiger partial charge in [-0.05, 0) is 48.4 Å². The molecule has 1 N–H and O–H groups in total. The van der Waals surface area contributed by atoms with Gasteiger partial charge in [0.1, 0.15) is 6.04 Å². The van der Waals surface area contributed by atoms with Gasteiger partial charge in [0.2, 0.25) is 0 Å². The average Bonchev–Trinajstić information content (AvgIpc) is 3.11. The van der Waals surface area contributed by atoms with E-state index >= 15 is 0 Å². The van der Waals surface area contributed by atoms with Crippen LogP contribution in [0.4, 0.5) is 0 Å². The molecule has 1 aromatic carbocycles. The van der Waals surface area contributed by atoms with Gasteiger partial charge >= 0.3 is 5.97 Å². The Morgan fingerprint density at radius 3 is 2.82 bits per heavy atom. The first-order valence-corrected chi connectivity index (χ1v) is 9.04. The van der Waals surface area contributed by atoms with Crippen molar-refractivity contribution in [3.05, 3.63) is 56.2 Å². The van der Waals surface area contributed by atoms with Gasteiger partial charge in [-0.3, -0.25) is 9.69 Å². The molecule has 22 heavy (non-hydrogen) atoms. The Labute approximate surface area is 142 Å². The maximum Gasteiger partial charge on any atom is 0.320 e. The number of nitrogens with zero attached hydrogens (tertiary/aromatic N) is 1. The maximum absolute atomic E-state index is 11.6. The van der Waals surface area contributed by atoms with Crippen LogP contribution in [0.25, 0.3) is 0 Å². The Hall–Kier alpha value is -1.17. The Morgan fingerprint density at radius 2 is 2.18 bits per heavy atom. The van der Waals surface area contributed by atoms with Crippen LogP contribution in [0, 0.1) is 6.92 Å². The Kier molecular flexibility index (Phi) is 4.66. The molecule has 0 saturated carbocycles. The molecular weight excluding hydrogens is 362 g/mol. The third-order valence-corrected chi connectivity index (χ3v) is 6.05. The van der Waals surface area contributed by atoms with Crippen molar-refractivity contribution in [2.24, 2.45) is 0 Å². The molecule has 0 radical (unpaired) electrons. The molecule has 2 aromatic rings. The predicted octanol–water partition coefficient (Wildman–Crippen LogP) is 4.46. The fraction of sp³-hybridized carbons (Fsp3) is 0.353. The van der Waals surface area contributed by atoms with E-state index in [9.17, 15) is 9.90 Å². The summed E-state index contributed by atoms with van der Waals surface area (Å²) in [4.78, 5) is 15.0. The highest BCUT2D eigenvalue weighted by Crippen LogP contribution is 2.41. The fourth-order valence-electron chi connectivity index (χ4n) is 3.20. The normalized spacial score (nSPS) is 20.2.